The minimum atomic E-state index is -0.346. The maximum atomic E-state index is 11.7. The number of nitriles is 1. The van der Waals surface area contributed by atoms with E-state index in [4.69, 9.17) is 5.26 Å². The Labute approximate surface area is 102 Å². The highest BCUT2D eigenvalue weighted by Crippen LogP contribution is 2.32. The van der Waals surface area contributed by atoms with E-state index in [1.165, 1.54) is 0 Å². The molecule has 82 valence electrons. The summed E-state index contributed by atoms with van der Waals surface area (Å²) < 4.78 is 0.940. The maximum Gasteiger partial charge on any atom is 0.246 e. The van der Waals surface area contributed by atoms with Crippen molar-refractivity contribution < 1.29 is 4.79 Å². The minimum Gasteiger partial charge on any atom is -0.324 e. The van der Waals surface area contributed by atoms with Crippen LogP contribution in [0.15, 0.2) is 22.7 Å². The average Bonchev–Trinajstić information content (AvgIpc) is 2.56. The smallest absolute Gasteiger partial charge is 0.246 e. The third kappa shape index (κ3) is 2.08. The summed E-state index contributed by atoms with van der Waals surface area (Å²) in [6.45, 7) is 0.514. The summed E-state index contributed by atoms with van der Waals surface area (Å²) in [6.07, 6.45) is 0.396. The largest absolute Gasteiger partial charge is 0.324 e. The van der Waals surface area contributed by atoms with E-state index < -0.39 is 0 Å². The van der Waals surface area contributed by atoms with Gasteiger partial charge < -0.3 is 10.6 Å². The number of anilines is 1. The molecule has 1 heterocycles. The van der Waals surface area contributed by atoms with Gasteiger partial charge in [0.15, 0.2) is 0 Å². The lowest BCUT2D eigenvalue weighted by atomic mass is 10.1. The Hall–Kier alpha value is -1.38. The summed E-state index contributed by atoms with van der Waals surface area (Å²) in [4.78, 5) is 11.7. The molecule has 1 unspecified atom stereocenters. The summed E-state index contributed by atoms with van der Waals surface area (Å²) >= 11 is 3.37. The van der Waals surface area contributed by atoms with Gasteiger partial charge in [-0.3, -0.25) is 4.79 Å². The summed E-state index contributed by atoms with van der Waals surface area (Å²) in [5, 5.41) is 14.3. The molecular weight excluding hydrogens is 270 g/mol. The predicted octanol–water partition coefficient (Wildman–Crippen LogP) is 1.95. The predicted molar refractivity (Wildman–Crippen MR) is 63.7 cm³/mol. The molecule has 1 atom stereocenters. The molecule has 5 heteroatoms. The molecule has 0 bridgehead atoms. The summed E-state index contributed by atoms with van der Waals surface area (Å²) in [6, 6.07) is 7.36. The Morgan fingerprint density at radius 2 is 2.38 bits per heavy atom. The molecule has 0 radical (unpaired) electrons. The van der Waals surface area contributed by atoms with Gasteiger partial charge in [0.25, 0.3) is 0 Å². The van der Waals surface area contributed by atoms with E-state index in [9.17, 15) is 4.79 Å². The van der Waals surface area contributed by atoms with Gasteiger partial charge in [0.05, 0.1) is 6.07 Å². The Kier molecular flexibility index (Phi) is 3.22. The molecule has 0 aliphatic carbocycles. The number of fused-ring (bicyclic) bond motifs is 1. The molecule has 1 aromatic rings. The molecule has 1 amide bonds. The number of rotatable bonds is 3. The molecule has 16 heavy (non-hydrogen) atoms. The van der Waals surface area contributed by atoms with Crippen LogP contribution in [0, 0.1) is 11.3 Å². The van der Waals surface area contributed by atoms with E-state index in [1.807, 2.05) is 24.3 Å². The van der Waals surface area contributed by atoms with Crippen molar-refractivity contribution in [2.24, 2.45) is 0 Å². The third-order valence-electron chi connectivity index (χ3n) is 2.43. The first-order valence-corrected chi connectivity index (χ1v) is 5.72. The van der Waals surface area contributed by atoms with Crippen LogP contribution in [0.1, 0.15) is 18.0 Å². The number of halogens is 1. The summed E-state index contributed by atoms with van der Waals surface area (Å²) in [7, 11) is 0. The van der Waals surface area contributed by atoms with Crippen LogP contribution in [-0.4, -0.2) is 12.5 Å². The SMILES string of the molecule is N#CCCNC1C(=O)Nc2ccc(Br)cc21. The van der Waals surface area contributed by atoms with Gasteiger partial charge in [0.2, 0.25) is 5.91 Å². The highest BCUT2D eigenvalue weighted by molar-refractivity contribution is 9.10. The zero-order chi connectivity index (χ0) is 11.5. The normalized spacial score (nSPS) is 17.8. The molecule has 0 spiro atoms. The fourth-order valence-electron chi connectivity index (χ4n) is 1.71. The molecule has 0 saturated carbocycles. The maximum absolute atomic E-state index is 11.7. The number of nitrogens with zero attached hydrogens (tertiary/aromatic N) is 1. The third-order valence-corrected chi connectivity index (χ3v) is 2.92. The Morgan fingerprint density at radius 1 is 1.56 bits per heavy atom. The van der Waals surface area contributed by atoms with Crippen molar-refractivity contribution >= 4 is 27.5 Å². The van der Waals surface area contributed by atoms with Gasteiger partial charge in [-0.25, -0.2) is 0 Å². The van der Waals surface area contributed by atoms with Crippen molar-refractivity contribution in [2.45, 2.75) is 12.5 Å². The van der Waals surface area contributed by atoms with Gasteiger partial charge >= 0.3 is 0 Å². The van der Waals surface area contributed by atoms with E-state index in [2.05, 4.69) is 26.6 Å². The number of amides is 1. The topological polar surface area (TPSA) is 64.9 Å². The van der Waals surface area contributed by atoms with Crippen LogP contribution in [0.4, 0.5) is 5.69 Å². The molecule has 0 fully saturated rings. The molecule has 0 saturated heterocycles. The number of carbonyl (C=O) groups is 1. The highest BCUT2D eigenvalue weighted by Gasteiger charge is 2.29. The van der Waals surface area contributed by atoms with Crippen LogP contribution in [0.25, 0.3) is 0 Å². The van der Waals surface area contributed by atoms with Crippen molar-refractivity contribution in [3.8, 4) is 6.07 Å². The number of hydrogen-bond donors (Lipinski definition) is 2. The highest BCUT2D eigenvalue weighted by atomic mass is 79.9. The molecule has 1 aliphatic heterocycles. The zero-order valence-electron chi connectivity index (χ0n) is 8.46. The van der Waals surface area contributed by atoms with Crippen LogP contribution in [0.3, 0.4) is 0 Å². The summed E-state index contributed by atoms with van der Waals surface area (Å²) in [5.41, 5.74) is 1.76. The molecule has 0 aromatic heterocycles. The summed E-state index contributed by atoms with van der Waals surface area (Å²) in [5.74, 6) is -0.0639. The number of carbonyl (C=O) groups excluding carboxylic acids is 1. The Balaban J connectivity index is 2.18. The zero-order valence-corrected chi connectivity index (χ0v) is 10.0. The fraction of sp³-hybridized carbons (Fsp3) is 0.273. The number of benzene rings is 1. The quantitative estimate of drug-likeness (QED) is 0.832. The standard InChI is InChI=1S/C11H10BrN3O/c12-7-2-3-9-8(6-7)10(11(16)15-9)14-5-1-4-13/h2-3,6,10,14H,1,5H2,(H,15,16). The lowest BCUT2D eigenvalue weighted by molar-refractivity contribution is -0.117. The van der Waals surface area contributed by atoms with Gasteiger partial charge in [0, 0.05) is 28.7 Å². The van der Waals surface area contributed by atoms with Crippen LogP contribution in [0.2, 0.25) is 0 Å². The second-order valence-electron chi connectivity index (χ2n) is 3.52. The van der Waals surface area contributed by atoms with Crippen molar-refractivity contribution in [3.63, 3.8) is 0 Å². The Bertz CT molecular complexity index is 467. The molecule has 1 aliphatic rings. The van der Waals surface area contributed by atoms with Gasteiger partial charge in [-0.1, -0.05) is 15.9 Å². The minimum absolute atomic E-state index is 0.0639. The van der Waals surface area contributed by atoms with Crippen molar-refractivity contribution in [2.75, 3.05) is 11.9 Å². The van der Waals surface area contributed by atoms with Gasteiger partial charge in [-0.15, -0.1) is 0 Å². The first-order valence-electron chi connectivity index (χ1n) is 4.93. The first-order chi connectivity index (χ1) is 7.72. The molecule has 1 aromatic carbocycles. The van der Waals surface area contributed by atoms with E-state index in [0.29, 0.717) is 13.0 Å². The first kappa shape index (κ1) is 11.1. The second kappa shape index (κ2) is 4.64. The van der Waals surface area contributed by atoms with Crippen molar-refractivity contribution in [1.82, 2.24) is 5.32 Å². The number of hydrogen-bond acceptors (Lipinski definition) is 3. The molecule has 4 nitrogen and oxygen atoms in total. The van der Waals surface area contributed by atoms with Crippen molar-refractivity contribution in [3.05, 3.63) is 28.2 Å². The fourth-order valence-corrected chi connectivity index (χ4v) is 2.09. The number of nitrogens with one attached hydrogen (secondary N) is 2. The van der Waals surface area contributed by atoms with Crippen molar-refractivity contribution in [1.29, 1.82) is 5.26 Å². The van der Waals surface area contributed by atoms with E-state index in [1.54, 1.807) is 0 Å². The van der Waals surface area contributed by atoms with Crippen LogP contribution in [0.5, 0.6) is 0 Å². The second-order valence-corrected chi connectivity index (χ2v) is 4.43. The molecule has 2 N–H and O–H groups in total. The van der Waals surface area contributed by atoms with Crippen LogP contribution < -0.4 is 10.6 Å². The Morgan fingerprint density at radius 3 is 3.12 bits per heavy atom. The van der Waals surface area contributed by atoms with Gasteiger partial charge in [0.1, 0.15) is 6.04 Å². The molecule has 2 rings (SSSR count). The monoisotopic (exact) mass is 279 g/mol. The van der Waals surface area contributed by atoms with Crippen LogP contribution >= 0.6 is 15.9 Å². The van der Waals surface area contributed by atoms with E-state index in [0.717, 1.165) is 15.7 Å². The van der Waals surface area contributed by atoms with Crippen LogP contribution in [-0.2, 0) is 4.79 Å². The van der Waals surface area contributed by atoms with E-state index in [-0.39, 0.29) is 11.9 Å². The lowest BCUT2D eigenvalue weighted by Gasteiger charge is -2.09. The van der Waals surface area contributed by atoms with Gasteiger partial charge in [-0.2, -0.15) is 5.26 Å². The van der Waals surface area contributed by atoms with Gasteiger partial charge in [-0.05, 0) is 18.2 Å². The molecular formula is C11H10BrN3O. The lowest BCUT2D eigenvalue weighted by Crippen LogP contribution is -2.28. The van der Waals surface area contributed by atoms with E-state index >= 15 is 0 Å². The average molecular weight is 280 g/mol.